The first-order valence-electron chi connectivity index (χ1n) is 6.44. The van der Waals surface area contributed by atoms with Crippen molar-refractivity contribution >= 4 is 11.5 Å². The van der Waals surface area contributed by atoms with Crippen molar-refractivity contribution in [2.75, 3.05) is 17.2 Å². The minimum Gasteiger partial charge on any atom is -0.396 e. The fourth-order valence-corrected chi connectivity index (χ4v) is 1.96. The molecule has 5 heteroatoms. The first-order valence-corrected chi connectivity index (χ1v) is 6.44. The second kappa shape index (κ2) is 6.53. The maximum Gasteiger partial charge on any atom is 0.152 e. The molecule has 0 bridgehead atoms. The number of nitrogens with two attached hydrogens (primary N) is 1. The van der Waals surface area contributed by atoms with Crippen molar-refractivity contribution in [2.45, 2.75) is 19.9 Å². The second-order valence-electron chi connectivity index (χ2n) is 4.56. The molecule has 0 unspecified atom stereocenters. The number of nitriles is 1. The van der Waals surface area contributed by atoms with Crippen molar-refractivity contribution in [3.05, 3.63) is 47.9 Å². The van der Waals surface area contributed by atoms with E-state index in [0.717, 1.165) is 17.1 Å². The van der Waals surface area contributed by atoms with Crippen molar-refractivity contribution in [1.29, 1.82) is 5.26 Å². The molecule has 2 aromatic rings. The van der Waals surface area contributed by atoms with E-state index in [1.165, 1.54) is 0 Å². The number of aryl methyl sites for hydroxylation is 1. The van der Waals surface area contributed by atoms with E-state index in [1.807, 2.05) is 42.3 Å². The Morgan fingerprint density at radius 2 is 2.20 bits per heavy atom. The van der Waals surface area contributed by atoms with Crippen LogP contribution in [-0.4, -0.2) is 16.5 Å². The average molecular weight is 267 g/mol. The third-order valence-corrected chi connectivity index (χ3v) is 2.93. The molecule has 0 amide bonds. The number of rotatable bonds is 5. The topological polar surface area (TPSA) is 78.8 Å². The maximum absolute atomic E-state index is 8.81. The molecule has 0 fully saturated rings. The molecule has 0 atom stereocenters. The van der Waals surface area contributed by atoms with Crippen molar-refractivity contribution in [3.8, 4) is 6.07 Å². The number of aromatic nitrogens is 2. The lowest BCUT2D eigenvalue weighted by Crippen LogP contribution is -2.26. The van der Waals surface area contributed by atoms with E-state index < -0.39 is 0 Å². The van der Waals surface area contributed by atoms with Crippen LogP contribution in [0.15, 0.2) is 36.7 Å². The van der Waals surface area contributed by atoms with Gasteiger partial charge in [-0.3, -0.25) is 4.98 Å². The van der Waals surface area contributed by atoms with Crippen LogP contribution in [0.25, 0.3) is 0 Å². The minimum atomic E-state index is 0.426. The van der Waals surface area contributed by atoms with Gasteiger partial charge in [-0.25, -0.2) is 4.98 Å². The second-order valence-corrected chi connectivity index (χ2v) is 4.56. The van der Waals surface area contributed by atoms with E-state index in [1.54, 1.807) is 6.20 Å². The number of nitrogens with zero attached hydrogens (tertiary/aromatic N) is 4. The Bertz CT molecular complexity index is 603. The van der Waals surface area contributed by atoms with Gasteiger partial charge >= 0.3 is 0 Å². The summed E-state index contributed by atoms with van der Waals surface area (Å²) >= 11 is 0. The number of hydrogen-bond donors (Lipinski definition) is 1. The van der Waals surface area contributed by atoms with Gasteiger partial charge in [0.05, 0.1) is 18.2 Å². The molecule has 5 nitrogen and oxygen atoms in total. The lowest BCUT2D eigenvalue weighted by Gasteiger charge is -2.24. The molecule has 20 heavy (non-hydrogen) atoms. The van der Waals surface area contributed by atoms with Crippen LogP contribution >= 0.6 is 0 Å². The molecule has 2 aromatic heterocycles. The highest BCUT2D eigenvalue weighted by molar-refractivity contribution is 5.63. The molecule has 2 heterocycles. The number of hydrogen-bond acceptors (Lipinski definition) is 5. The Labute approximate surface area is 118 Å². The molecule has 2 rings (SSSR count). The monoisotopic (exact) mass is 267 g/mol. The highest BCUT2D eigenvalue weighted by atomic mass is 15.2. The highest BCUT2D eigenvalue weighted by Crippen LogP contribution is 2.22. The molecule has 0 aromatic carbocycles. The molecule has 102 valence electrons. The summed E-state index contributed by atoms with van der Waals surface area (Å²) in [7, 11) is 0. The van der Waals surface area contributed by atoms with Crippen molar-refractivity contribution in [2.24, 2.45) is 0 Å². The summed E-state index contributed by atoms with van der Waals surface area (Å²) in [4.78, 5) is 10.6. The summed E-state index contributed by atoms with van der Waals surface area (Å²) in [5, 5.41) is 8.81. The van der Waals surface area contributed by atoms with Crippen LogP contribution in [0.4, 0.5) is 11.5 Å². The maximum atomic E-state index is 8.81. The molecule has 0 spiro atoms. The molecule has 0 saturated carbocycles. The molecular weight excluding hydrogens is 250 g/mol. The van der Waals surface area contributed by atoms with Crippen LogP contribution in [0.5, 0.6) is 0 Å². The zero-order chi connectivity index (χ0) is 14.4. The number of nitrogen functional groups attached to an aromatic ring is 1. The molecule has 2 N–H and O–H groups in total. The standard InChI is InChI=1S/C15H17N5/c1-12-5-6-14(17)15(19-12)20(9-3-7-16)11-13-4-2-8-18-10-13/h2,4-6,8,10H,3,9,11,17H2,1H3. The van der Waals surface area contributed by atoms with Crippen LogP contribution in [0.2, 0.25) is 0 Å². The highest BCUT2D eigenvalue weighted by Gasteiger charge is 2.12. The van der Waals surface area contributed by atoms with Gasteiger partial charge in [0.1, 0.15) is 0 Å². The zero-order valence-electron chi connectivity index (χ0n) is 11.5. The fraction of sp³-hybridized carbons (Fsp3) is 0.267. The van der Waals surface area contributed by atoms with Crippen LogP contribution in [-0.2, 0) is 6.54 Å². The molecule has 0 aliphatic rings. The Morgan fingerprint density at radius 1 is 1.35 bits per heavy atom. The van der Waals surface area contributed by atoms with E-state index >= 15 is 0 Å². The van der Waals surface area contributed by atoms with Crippen LogP contribution in [0.3, 0.4) is 0 Å². The Balaban J connectivity index is 2.27. The quantitative estimate of drug-likeness (QED) is 0.899. The number of pyridine rings is 2. The predicted octanol–water partition coefficient (Wildman–Crippen LogP) is 2.29. The van der Waals surface area contributed by atoms with Crippen LogP contribution in [0, 0.1) is 18.3 Å². The van der Waals surface area contributed by atoms with Gasteiger partial charge in [0.15, 0.2) is 5.82 Å². The van der Waals surface area contributed by atoms with Gasteiger partial charge < -0.3 is 10.6 Å². The smallest absolute Gasteiger partial charge is 0.152 e. The minimum absolute atomic E-state index is 0.426. The largest absolute Gasteiger partial charge is 0.396 e. The number of anilines is 2. The zero-order valence-corrected chi connectivity index (χ0v) is 11.5. The Hall–Kier alpha value is -2.61. The third-order valence-electron chi connectivity index (χ3n) is 2.93. The van der Waals surface area contributed by atoms with Gasteiger partial charge in [-0.05, 0) is 30.7 Å². The van der Waals surface area contributed by atoms with E-state index in [0.29, 0.717) is 25.2 Å². The summed E-state index contributed by atoms with van der Waals surface area (Å²) in [6, 6.07) is 9.78. The van der Waals surface area contributed by atoms with Gasteiger partial charge in [0, 0.05) is 31.2 Å². The fourth-order valence-electron chi connectivity index (χ4n) is 1.96. The lowest BCUT2D eigenvalue weighted by molar-refractivity contribution is 0.779. The average Bonchev–Trinajstić information content (AvgIpc) is 2.47. The van der Waals surface area contributed by atoms with Crippen LogP contribution < -0.4 is 10.6 Å². The molecule has 0 aliphatic carbocycles. The summed E-state index contributed by atoms with van der Waals surface area (Å²) in [6.07, 6.45) is 3.98. The normalized spacial score (nSPS) is 10.0. The Kier molecular flexibility index (Phi) is 4.51. The van der Waals surface area contributed by atoms with Gasteiger partial charge in [0.25, 0.3) is 0 Å². The Morgan fingerprint density at radius 3 is 2.90 bits per heavy atom. The first-order chi connectivity index (χ1) is 9.70. The van der Waals surface area contributed by atoms with E-state index in [9.17, 15) is 0 Å². The molecule has 0 aliphatic heterocycles. The third kappa shape index (κ3) is 3.45. The van der Waals surface area contributed by atoms with Gasteiger partial charge in [-0.1, -0.05) is 6.07 Å². The van der Waals surface area contributed by atoms with Crippen molar-refractivity contribution in [3.63, 3.8) is 0 Å². The van der Waals surface area contributed by atoms with Crippen molar-refractivity contribution < 1.29 is 0 Å². The van der Waals surface area contributed by atoms with E-state index in [2.05, 4.69) is 16.0 Å². The van der Waals surface area contributed by atoms with E-state index in [-0.39, 0.29) is 0 Å². The van der Waals surface area contributed by atoms with Gasteiger partial charge in [-0.15, -0.1) is 0 Å². The summed E-state index contributed by atoms with van der Waals surface area (Å²) < 4.78 is 0. The molecule has 0 saturated heterocycles. The summed E-state index contributed by atoms with van der Waals surface area (Å²) in [5.74, 6) is 0.726. The van der Waals surface area contributed by atoms with Crippen LogP contribution in [0.1, 0.15) is 17.7 Å². The molecule has 0 radical (unpaired) electrons. The lowest BCUT2D eigenvalue weighted by atomic mass is 10.2. The summed E-state index contributed by atoms with van der Waals surface area (Å²) in [5.41, 5.74) is 8.60. The predicted molar refractivity (Wildman–Crippen MR) is 78.9 cm³/mol. The summed E-state index contributed by atoms with van der Waals surface area (Å²) in [6.45, 7) is 3.15. The van der Waals surface area contributed by atoms with E-state index in [4.69, 9.17) is 11.0 Å². The first kappa shape index (κ1) is 13.8. The van der Waals surface area contributed by atoms with Gasteiger partial charge in [-0.2, -0.15) is 5.26 Å². The molecular formula is C15H17N5. The van der Waals surface area contributed by atoms with Crippen molar-refractivity contribution in [1.82, 2.24) is 9.97 Å². The SMILES string of the molecule is Cc1ccc(N)c(N(CCC#N)Cc2cccnc2)n1. The van der Waals surface area contributed by atoms with Gasteiger partial charge in [0.2, 0.25) is 0 Å².